The first kappa shape index (κ1) is 9.67. The summed E-state index contributed by atoms with van der Waals surface area (Å²) in [6.07, 6.45) is 0.218. The van der Waals surface area contributed by atoms with Gasteiger partial charge in [0.1, 0.15) is 11.9 Å². The van der Waals surface area contributed by atoms with E-state index in [1.165, 1.54) is 24.3 Å². The highest BCUT2D eigenvalue weighted by Gasteiger charge is 2.11. The van der Waals surface area contributed by atoms with E-state index in [9.17, 15) is 9.18 Å². The van der Waals surface area contributed by atoms with Crippen LogP contribution >= 0.6 is 0 Å². The predicted molar refractivity (Wildman–Crippen MR) is 45.7 cm³/mol. The standard InChI is InChI=1S/C9H10FNO2/c10-7-3-1-6(2-4-7)5-8(11)9(12)13/h1-4,8H,5,11H2,(H,12,13)/i10-1. The molecule has 0 fully saturated rings. The molecule has 0 amide bonds. The molecule has 70 valence electrons. The lowest BCUT2D eigenvalue weighted by Gasteiger charge is -2.05. The number of carbonyl (C=O) groups is 1. The monoisotopic (exact) mass is 182 g/mol. The Morgan fingerprint density at radius 3 is 2.46 bits per heavy atom. The molecule has 0 aliphatic carbocycles. The molecule has 1 atom stereocenters. The molecule has 0 saturated heterocycles. The zero-order chi connectivity index (χ0) is 9.84. The molecule has 0 spiro atoms. The van der Waals surface area contributed by atoms with Crippen LogP contribution in [0.3, 0.4) is 0 Å². The number of hydrogen-bond donors (Lipinski definition) is 2. The summed E-state index contributed by atoms with van der Waals surface area (Å²) in [5.74, 6) is -1.39. The van der Waals surface area contributed by atoms with Crippen LogP contribution in [0.25, 0.3) is 0 Å². The van der Waals surface area contributed by atoms with E-state index in [4.69, 9.17) is 10.8 Å². The summed E-state index contributed by atoms with van der Waals surface area (Å²) in [6.45, 7) is 0. The van der Waals surface area contributed by atoms with Gasteiger partial charge in [-0.2, -0.15) is 0 Å². The number of carboxylic acid groups (broad SMARTS) is 1. The molecule has 13 heavy (non-hydrogen) atoms. The van der Waals surface area contributed by atoms with Crippen LogP contribution in [-0.2, 0) is 11.2 Å². The van der Waals surface area contributed by atoms with Crippen molar-refractivity contribution in [3.8, 4) is 0 Å². The van der Waals surface area contributed by atoms with E-state index in [2.05, 4.69) is 0 Å². The van der Waals surface area contributed by atoms with E-state index in [0.29, 0.717) is 0 Å². The van der Waals surface area contributed by atoms with E-state index in [-0.39, 0.29) is 12.2 Å². The summed E-state index contributed by atoms with van der Waals surface area (Å²) in [5, 5.41) is 8.50. The Kier molecular flexibility index (Phi) is 2.97. The van der Waals surface area contributed by atoms with Crippen LogP contribution in [0.15, 0.2) is 24.3 Å². The number of rotatable bonds is 3. The SMILES string of the molecule is NC(Cc1ccc([18F])cc1)C(=O)O. The number of halogens is 1. The minimum Gasteiger partial charge on any atom is -0.480 e. The summed E-state index contributed by atoms with van der Waals surface area (Å²) in [4.78, 5) is 10.4. The smallest absolute Gasteiger partial charge is 0.320 e. The number of aliphatic carboxylic acids is 1. The Morgan fingerprint density at radius 2 is 2.00 bits per heavy atom. The third-order valence-corrected chi connectivity index (χ3v) is 1.69. The highest BCUT2D eigenvalue weighted by Crippen LogP contribution is 2.04. The maximum Gasteiger partial charge on any atom is 0.320 e. The van der Waals surface area contributed by atoms with Crippen molar-refractivity contribution in [3.05, 3.63) is 35.6 Å². The molecule has 0 aliphatic heterocycles. The van der Waals surface area contributed by atoms with Crippen molar-refractivity contribution in [2.24, 2.45) is 5.73 Å². The van der Waals surface area contributed by atoms with Gasteiger partial charge in [0, 0.05) is 0 Å². The van der Waals surface area contributed by atoms with Crippen molar-refractivity contribution < 1.29 is 14.3 Å². The fourth-order valence-corrected chi connectivity index (χ4v) is 0.962. The van der Waals surface area contributed by atoms with Gasteiger partial charge in [-0.25, -0.2) is 4.39 Å². The fraction of sp³-hybridized carbons (Fsp3) is 0.222. The van der Waals surface area contributed by atoms with Crippen LogP contribution in [0.1, 0.15) is 5.56 Å². The fourth-order valence-electron chi connectivity index (χ4n) is 0.962. The molecule has 0 aliphatic rings. The van der Waals surface area contributed by atoms with Gasteiger partial charge in [-0.05, 0) is 24.1 Å². The van der Waals surface area contributed by atoms with Gasteiger partial charge in [0.15, 0.2) is 0 Å². The minimum absolute atomic E-state index is 0.218. The van der Waals surface area contributed by atoms with Gasteiger partial charge in [0.05, 0.1) is 0 Å². The largest absolute Gasteiger partial charge is 0.480 e. The normalized spacial score (nSPS) is 12.5. The van der Waals surface area contributed by atoms with E-state index < -0.39 is 12.0 Å². The molecule has 0 aromatic heterocycles. The van der Waals surface area contributed by atoms with Crippen molar-refractivity contribution in [3.63, 3.8) is 0 Å². The Bertz CT molecular complexity index is 297. The Morgan fingerprint density at radius 1 is 1.46 bits per heavy atom. The van der Waals surface area contributed by atoms with Crippen LogP contribution in [0.5, 0.6) is 0 Å². The van der Waals surface area contributed by atoms with Gasteiger partial charge in [-0.3, -0.25) is 4.79 Å². The lowest BCUT2D eigenvalue weighted by atomic mass is 10.1. The first-order valence-corrected chi connectivity index (χ1v) is 3.82. The number of nitrogens with two attached hydrogens (primary N) is 1. The Labute approximate surface area is 75.0 Å². The molecule has 3 nitrogen and oxygen atoms in total. The molecule has 3 N–H and O–H groups in total. The van der Waals surface area contributed by atoms with Crippen LogP contribution in [0.4, 0.5) is 4.39 Å². The molecule has 0 saturated carbocycles. The topological polar surface area (TPSA) is 63.3 Å². The molecule has 1 aromatic rings. The lowest BCUT2D eigenvalue weighted by Crippen LogP contribution is -2.32. The van der Waals surface area contributed by atoms with E-state index in [1.54, 1.807) is 0 Å². The zero-order valence-electron chi connectivity index (χ0n) is 6.90. The first-order valence-electron chi connectivity index (χ1n) is 3.82. The molecule has 1 rings (SSSR count). The van der Waals surface area contributed by atoms with E-state index in [0.717, 1.165) is 5.56 Å². The van der Waals surface area contributed by atoms with Gasteiger partial charge in [0.25, 0.3) is 0 Å². The molecule has 0 bridgehead atoms. The molecular weight excluding hydrogens is 172 g/mol. The zero-order valence-corrected chi connectivity index (χ0v) is 6.90. The predicted octanol–water partition coefficient (Wildman–Crippen LogP) is 0.780. The summed E-state index contributed by atoms with van der Waals surface area (Å²) in [5.41, 5.74) is 6.01. The third kappa shape index (κ3) is 2.83. The molecule has 1 unspecified atom stereocenters. The van der Waals surface area contributed by atoms with E-state index >= 15 is 0 Å². The van der Waals surface area contributed by atoms with Crippen LogP contribution in [0, 0.1) is 5.82 Å². The highest BCUT2D eigenvalue weighted by atomic mass is 18.2. The number of carboxylic acids is 1. The second kappa shape index (κ2) is 4.00. The van der Waals surface area contributed by atoms with Gasteiger partial charge in [-0.15, -0.1) is 0 Å². The number of benzene rings is 1. The minimum atomic E-state index is -1.05. The molecule has 1 aromatic carbocycles. The molecule has 0 heterocycles. The summed E-state index contributed by atoms with van der Waals surface area (Å²) < 4.78 is 12.4. The maximum absolute atomic E-state index is 12.4. The van der Waals surface area contributed by atoms with Crippen molar-refractivity contribution in [2.75, 3.05) is 0 Å². The van der Waals surface area contributed by atoms with Gasteiger partial charge < -0.3 is 10.8 Å². The summed E-state index contributed by atoms with van der Waals surface area (Å²) >= 11 is 0. The number of hydrogen-bond acceptors (Lipinski definition) is 2. The van der Waals surface area contributed by atoms with Crippen molar-refractivity contribution in [1.29, 1.82) is 0 Å². The van der Waals surface area contributed by atoms with E-state index in [1.807, 2.05) is 0 Å². The van der Waals surface area contributed by atoms with Gasteiger partial charge in [0.2, 0.25) is 0 Å². The molecule has 0 radical (unpaired) electrons. The summed E-state index contributed by atoms with van der Waals surface area (Å²) in [7, 11) is 0. The van der Waals surface area contributed by atoms with Crippen molar-refractivity contribution in [1.82, 2.24) is 0 Å². The quantitative estimate of drug-likeness (QED) is 0.726. The van der Waals surface area contributed by atoms with Gasteiger partial charge >= 0.3 is 5.97 Å². The average Bonchev–Trinajstić information content (AvgIpc) is 2.08. The molecular formula is C9H10FNO2. The Hall–Kier alpha value is -1.42. The van der Waals surface area contributed by atoms with Crippen LogP contribution < -0.4 is 5.73 Å². The van der Waals surface area contributed by atoms with Gasteiger partial charge in [-0.1, -0.05) is 12.1 Å². The van der Waals surface area contributed by atoms with Crippen LogP contribution in [0.2, 0.25) is 0 Å². The lowest BCUT2D eigenvalue weighted by molar-refractivity contribution is -0.138. The Balaban J connectivity index is 2.64. The van der Waals surface area contributed by atoms with Crippen molar-refractivity contribution >= 4 is 5.97 Å². The summed E-state index contributed by atoms with van der Waals surface area (Å²) in [6, 6.07) is 4.69. The second-order valence-electron chi connectivity index (χ2n) is 2.78. The average molecular weight is 182 g/mol. The van der Waals surface area contributed by atoms with Crippen LogP contribution in [-0.4, -0.2) is 17.1 Å². The molecule has 4 heteroatoms. The second-order valence-corrected chi connectivity index (χ2v) is 2.78. The third-order valence-electron chi connectivity index (χ3n) is 1.69. The van der Waals surface area contributed by atoms with Crippen molar-refractivity contribution in [2.45, 2.75) is 12.5 Å². The first-order chi connectivity index (χ1) is 6.09. The highest BCUT2D eigenvalue weighted by molar-refractivity contribution is 5.73. The maximum atomic E-state index is 12.4.